The Morgan fingerprint density at radius 1 is 1.03 bits per heavy atom. The van der Waals surface area contributed by atoms with Gasteiger partial charge >= 0.3 is 0 Å². The summed E-state index contributed by atoms with van der Waals surface area (Å²) < 4.78 is 25.4. The average molecular weight is 486 g/mol. The monoisotopic (exact) mass is 485 g/mol. The van der Waals surface area contributed by atoms with Crippen LogP contribution < -0.4 is 5.32 Å². The molecule has 0 spiro atoms. The van der Waals surface area contributed by atoms with Gasteiger partial charge in [0.25, 0.3) is 0 Å². The molecule has 6 nitrogen and oxygen atoms in total. The molecule has 0 bridgehead atoms. The Kier molecular flexibility index (Phi) is 6.55. The van der Waals surface area contributed by atoms with Gasteiger partial charge in [-0.3, -0.25) is 4.79 Å². The summed E-state index contributed by atoms with van der Waals surface area (Å²) in [4.78, 5) is 19.3. The molecule has 4 rings (SSSR count). The summed E-state index contributed by atoms with van der Waals surface area (Å²) in [6.45, 7) is -0.0503. The largest absolute Gasteiger partial charge is 0.324 e. The number of halogens is 1. The second kappa shape index (κ2) is 9.36. The third kappa shape index (κ3) is 5.51. The standard InChI is InChI=1S/C23H20ClN3O3S2/c1-32(29,30)15-22-25-18-6-2-4-8-20(18)27(22)14-23(28)26-19-7-3-5-9-21(19)31-17-12-10-16(24)11-13-17/h2-13H,14-15H2,1H3,(H,26,28). The first kappa shape index (κ1) is 22.4. The molecule has 1 amide bonds. The molecular formula is C23H20ClN3O3S2. The van der Waals surface area contributed by atoms with Crippen LogP contribution >= 0.6 is 23.4 Å². The maximum atomic E-state index is 13.0. The van der Waals surface area contributed by atoms with E-state index in [0.717, 1.165) is 16.0 Å². The van der Waals surface area contributed by atoms with Crippen molar-refractivity contribution in [1.29, 1.82) is 0 Å². The number of nitrogens with one attached hydrogen (secondary N) is 1. The number of imidazole rings is 1. The van der Waals surface area contributed by atoms with Crippen LogP contribution in [-0.2, 0) is 26.9 Å². The minimum atomic E-state index is -3.31. The van der Waals surface area contributed by atoms with Crippen molar-refractivity contribution >= 4 is 55.8 Å². The number of hydrogen-bond donors (Lipinski definition) is 1. The van der Waals surface area contributed by atoms with Crippen LogP contribution in [0.1, 0.15) is 5.82 Å². The molecule has 4 aromatic rings. The summed E-state index contributed by atoms with van der Waals surface area (Å²) in [5.41, 5.74) is 2.04. The van der Waals surface area contributed by atoms with E-state index in [1.807, 2.05) is 66.7 Å². The van der Waals surface area contributed by atoms with Gasteiger partial charge in [0.2, 0.25) is 5.91 Å². The number of rotatable bonds is 7. The van der Waals surface area contributed by atoms with Gasteiger partial charge in [-0.05, 0) is 48.5 Å². The van der Waals surface area contributed by atoms with Gasteiger partial charge < -0.3 is 9.88 Å². The minimum absolute atomic E-state index is 0.0503. The van der Waals surface area contributed by atoms with Gasteiger partial charge in [-0.2, -0.15) is 0 Å². The quantitative estimate of drug-likeness (QED) is 0.397. The van der Waals surface area contributed by atoms with E-state index in [9.17, 15) is 13.2 Å². The van der Waals surface area contributed by atoms with E-state index < -0.39 is 9.84 Å². The fraction of sp³-hybridized carbons (Fsp3) is 0.130. The molecule has 9 heteroatoms. The van der Waals surface area contributed by atoms with Crippen molar-refractivity contribution < 1.29 is 13.2 Å². The Bertz CT molecular complexity index is 1380. The zero-order valence-electron chi connectivity index (χ0n) is 17.2. The van der Waals surface area contributed by atoms with Crippen molar-refractivity contribution in [3.8, 4) is 0 Å². The van der Waals surface area contributed by atoms with Crippen LogP contribution in [0.3, 0.4) is 0 Å². The normalized spacial score (nSPS) is 11.6. The predicted octanol–water partition coefficient (Wildman–Crippen LogP) is 5.02. The Balaban J connectivity index is 1.58. The molecule has 0 saturated heterocycles. The summed E-state index contributed by atoms with van der Waals surface area (Å²) in [6.07, 6.45) is 1.15. The van der Waals surface area contributed by atoms with Crippen molar-refractivity contribution in [2.24, 2.45) is 0 Å². The number of carbonyl (C=O) groups is 1. The van der Waals surface area contributed by atoms with Crippen molar-refractivity contribution in [3.63, 3.8) is 0 Å². The van der Waals surface area contributed by atoms with Gasteiger partial charge in [0.05, 0.1) is 16.7 Å². The average Bonchev–Trinajstić information content (AvgIpc) is 3.06. The van der Waals surface area contributed by atoms with Crippen LogP contribution in [0.5, 0.6) is 0 Å². The lowest BCUT2D eigenvalue weighted by atomic mass is 10.3. The SMILES string of the molecule is CS(=O)(=O)Cc1nc2ccccc2n1CC(=O)Nc1ccccc1Sc1ccc(Cl)cc1. The van der Waals surface area contributed by atoms with Crippen molar-refractivity contribution in [1.82, 2.24) is 9.55 Å². The van der Waals surface area contributed by atoms with E-state index in [-0.39, 0.29) is 18.2 Å². The number of hydrogen-bond acceptors (Lipinski definition) is 5. The number of amides is 1. The molecule has 1 heterocycles. The Morgan fingerprint density at radius 3 is 2.47 bits per heavy atom. The van der Waals surface area contributed by atoms with E-state index >= 15 is 0 Å². The molecule has 32 heavy (non-hydrogen) atoms. The summed E-state index contributed by atoms with van der Waals surface area (Å²) in [5.74, 6) is -0.169. The maximum absolute atomic E-state index is 13.0. The van der Waals surface area contributed by atoms with Crippen molar-refractivity contribution in [3.05, 3.63) is 83.6 Å². The molecule has 0 aliphatic heterocycles. The first-order valence-corrected chi connectivity index (χ1v) is 13.0. The fourth-order valence-electron chi connectivity index (χ4n) is 3.27. The highest BCUT2D eigenvalue weighted by atomic mass is 35.5. The molecule has 0 atom stereocenters. The van der Waals surface area contributed by atoms with E-state index in [4.69, 9.17) is 11.6 Å². The Morgan fingerprint density at radius 2 is 1.72 bits per heavy atom. The van der Waals surface area contributed by atoms with Gasteiger partial charge in [0, 0.05) is 21.1 Å². The van der Waals surface area contributed by atoms with Crippen molar-refractivity contribution in [2.75, 3.05) is 11.6 Å². The van der Waals surface area contributed by atoms with Gasteiger partial charge in [-0.25, -0.2) is 13.4 Å². The topological polar surface area (TPSA) is 81.1 Å². The summed E-state index contributed by atoms with van der Waals surface area (Å²) in [7, 11) is -3.31. The smallest absolute Gasteiger partial charge is 0.244 e. The predicted molar refractivity (Wildman–Crippen MR) is 129 cm³/mol. The van der Waals surface area contributed by atoms with E-state index in [2.05, 4.69) is 10.3 Å². The van der Waals surface area contributed by atoms with Crippen LogP contribution in [0.25, 0.3) is 11.0 Å². The summed E-state index contributed by atoms with van der Waals surface area (Å²) in [6, 6.07) is 22.3. The lowest BCUT2D eigenvalue weighted by Crippen LogP contribution is -2.21. The second-order valence-corrected chi connectivity index (χ2v) is 11.0. The molecule has 0 aliphatic rings. The zero-order chi connectivity index (χ0) is 22.7. The van der Waals surface area contributed by atoms with Crippen molar-refractivity contribution in [2.45, 2.75) is 22.1 Å². The van der Waals surface area contributed by atoms with Crippen LogP contribution in [0.15, 0.2) is 82.6 Å². The van der Waals surface area contributed by atoms with Gasteiger partial charge in [0.15, 0.2) is 9.84 Å². The third-order valence-corrected chi connectivity index (χ3v) is 6.75. The number of para-hydroxylation sites is 3. The highest BCUT2D eigenvalue weighted by molar-refractivity contribution is 7.99. The molecule has 1 aromatic heterocycles. The van der Waals surface area contributed by atoms with E-state index in [0.29, 0.717) is 27.6 Å². The van der Waals surface area contributed by atoms with Crippen LogP contribution in [0.2, 0.25) is 5.02 Å². The number of nitrogens with zero attached hydrogens (tertiary/aromatic N) is 2. The Hall–Kier alpha value is -2.81. The molecule has 164 valence electrons. The maximum Gasteiger partial charge on any atom is 0.244 e. The number of anilines is 1. The minimum Gasteiger partial charge on any atom is -0.324 e. The zero-order valence-corrected chi connectivity index (χ0v) is 19.5. The third-order valence-electron chi connectivity index (χ3n) is 4.63. The number of carbonyl (C=O) groups excluding carboxylic acids is 1. The van der Waals surface area contributed by atoms with Gasteiger partial charge in [-0.15, -0.1) is 0 Å². The Labute approximate surface area is 195 Å². The lowest BCUT2D eigenvalue weighted by molar-refractivity contribution is -0.116. The number of aromatic nitrogens is 2. The summed E-state index contributed by atoms with van der Waals surface area (Å²) >= 11 is 7.48. The van der Waals surface area contributed by atoms with Gasteiger partial charge in [0.1, 0.15) is 18.1 Å². The van der Waals surface area contributed by atoms with E-state index in [1.54, 1.807) is 10.6 Å². The molecule has 0 radical (unpaired) electrons. The first-order chi connectivity index (χ1) is 15.3. The van der Waals surface area contributed by atoms with Crippen LogP contribution in [0.4, 0.5) is 5.69 Å². The fourth-order valence-corrected chi connectivity index (χ4v) is 4.99. The molecule has 3 aromatic carbocycles. The second-order valence-electron chi connectivity index (χ2n) is 7.27. The highest BCUT2D eigenvalue weighted by Crippen LogP contribution is 2.34. The molecular weight excluding hydrogens is 466 g/mol. The first-order valence-electron chi connectivity index (χ1n) is 9.73. The number of fused-ring (bicyclic) bond motifs is 1. The molecule has 0 aliphatic carbocycles. The molecule has 1 N–H and O–H groups in total. The highest BCUT2D eigenvalue weighted by Gasteiger charge is 2.18. The molecule has 0 saturated carbocycles. The molecule has 0 fully saturated rings. The summed E-state index contributed by atoms with van der Waals surface area (Å²) in [5, 5.41) is 3.61. The van der Waals surface area contributed by atoms with Crippen LogP contribution in [0, 0.1) is 0 Å². The van der Waals surface area contributed by atoms with Crippen LogP contribution in [-0.4, -0.2) is 30.1 Å². The van der Waals surface area contributed by atoms with Gasteiger partial charge in [-0.1, -0.05) is 47.6 Å². The molecule has 0 unspecified atom stereocenters. The number of benzene rings is 3. The lowest BCUT2D eigenvalue weighted by Gasteiger charge is -2.13. The van der Waals surface area contributed by atoms with E-state index in [1.165, 1.54) is 11.8 Å². The number of sulfone groups is 1.